The Hall–Kier alpha value is -1.33. The predicted molar refractivity (Wildman–Crippen MR) is 77.0 cm³/mol. The first-order valence-corrected chi connectivity index (χ1v) is 6.14. The average Bonchev–Trinajstić information content (AvgIpc) is 2.25. The second-order valence-corrected chi connectivity index (χ2v) is 4.57. The molecule has 0 saturated heterocycles. The molecule has 1 atom stereocenters. The van der Waals surface area contributed by atoms with Gasteiger partial charge in [0.2, 0.25) is 0 Å². The summed E-state index contributed by atoms with van der Waals surface area (Å²) in [7, 11) is 22.0. The zero-order valence-corrected chi connectivity index (χ0v) is 12.3. The summed E-state index contributed by atoms with van der Waals surface area (Å²) in [6.07, 6.45) is -1.82. The lowest BCUT2D eigenvalue weighted by atomic mass is 9.45. The molecule has 0 aliphatic carbocycles. The van der Waals surface area contributed by atoms with Gasteiger partial charge in [0.1, 0.15) is 15.7 Å². The Balaban J connectivity index is 4.72. The van der Waals surface area contributed by atoms with E-state index in [2.05, 4.69) is 9.47 Å². The van der Waals surface area contributed by atoms with Gasteiger partial charge in [-0.2, -0.15) is 0 Å². The minimum Gasteiger partial charge on any atom is -0.480 e. The van der Waals surface area contributed by atoms with Crippen LogP contribution in [0.25, 0.3) is 0 Å². The van der Waals surface area contributed by atoms with E-state index in [0.29, 0.717) is 0 Å². The van der Waals surface area contributed by atoms with Gasteiger partial charge in [-0.1, -0.05) is 0 Å². The highest BCUT2D eigenvalue weighted by molar-refractivity contribution is 6.51. The molecular formula is C11H14B4O6. The van der Waals surface area contributed by atoms with Crippen molar-refractivity contribution in [2.75, 3.05) is 6.61 Å². The maximum atomic E-state index is 11.8. The molecule has 0 aromatic rings. The Bertz CT molecular complexity index is 410. The molecule has 0 unspecified atom stereocenters. The second-order valence-electron chi connectivity index (χ2n) is 4.57. The molecule has 8 radical (unpaired) electrons. The van der Waals surface area contributed by atoms with Crippen molar-refractivity contribution in [3.05, 3.63) is 0 Å². The average molecular weight is 285 g/mol. The molecule has 0 rings (SSSR count). The first kappa shape index (κ1) is 19.7. The Morgan fingerprint density at radius 3 is 2.10 bits per heavy atom. The summed E-state index contributed by atoms with van der Waals surface area (Å²) in [5.74, 6) is -2.67. The summed E-state index contributed by atoms with van der Waals surface area (Å²) >= 11 is 0. The third kappa shape index (κ3) is 7.29. The number of hydrogen-bond acceptors (Lipinski definition) is 6. The van der Waals surface area contributed by atoms with E-state index in [-0.39, 0.29) is 6.61 Å². The molecule has 21 heavy (non-hydrogen) atoms. The van der Waals surface area contributed by atoms with Crippen molar-refractivity contribution in [1.82, 2.24) is 0 Å². The Morgan fingerprint density at radius 2 is 1.67 bits per heavy atom. The minimum absolute atomic E-state index is 0.123. The lowest BCUT2D eigenvalue weighted by Crippen LogP contribution is -2.44. The molecule has 0 spiro atoms. The quantitative estimate of drug-likeness (QED) is 0.335. The molecule has 10 heteroatoms. The zero-order chi connectivity index (χ0) is 16.8. The molecular weight excluding hydrogens is 271 g/mol. The number of rotatable bonds is 7. The summed E-state index contributed by atoms with van der Waals surface area (Å²) in [5.41, 5.74) is 0. The van der Waals surface area contributed by atoms with E-state index in [9.17, 15) is 14.4 Å². The standard InChI is InChI=1S/C11H14B4O6/c1-4-19-8(17)6(2)20-9(18)10(12,13)5-11(14,15)21-7(3)16/h6H,4-5H2,1-3H3/t6-/m0/s1. The fourth-order valence-electron chi connectivity index (χ4n) is 1.41. The Morgan fingerprint density at radius 1 is 1.14 bits per heavy atom. The second kappa shape index (κ2) is 7.61. The Labute approximate surface area is 129 Å². The van der Waals surface area contributed by atoms with Crippen LogP contribution in [0.5, 0.6) is 0 Å². The molecule has 0 saturated carbocycles. The highest BCUT2D eigenvalue weighted by atomic mass is 16.6. The van der Waals surface area contributed by atoms with Crippen molar-refractivity contribution < 1.29 is 28.6 Å². The fraction of sp³-hybridized carbons (Fsp3) is 0.727. The van der Waals surface area contributed by atoms with E-state index in [0.717, 1.165) is 6.92 Å². The maximum absolute atomic E-state index is 11.8. The van der Waals surface area contributed by atoms with E-state index in [1.165, 1.54) is 6.92 Å². The molecule has 0 N–H and O–H groups in total. The molecule has 106 valence electrons. The number of ether oxygens (including phenoxy) is 3. The minimum atomic E-state index is -2.15. The molecule has 0 amide bonds. The number of esters is 3. The molecule has 0 aliphatic rings. The number of carbonyl (C=O) groups is 3. The molecule has 0 aromatic carbocycles. The fourth-order valence-corrected chi connectivity index (χ4v) is 1.41. The molecule has 0 aliphatic heterocycles. The monoisotopic (exact) mass is 286 g/mol. The van der Waals surface area contributed by atoms with Gasteiger partial charge in [-0.15, -0.1) is 0 Å². The first-order valence-electron chi connectivity index (χ1n) is 6.14. The van der Waals surface area contributed by atoms with E-state index in [1.807, 2.05) is 0 Å². The van der Waals surface area contributed by atoms with E-state index < -0.39 is 41.0 Å². The lowest BCUT2D eigenvalue weighted by Gasteiger charge is -2.35. The van der Waals surface area contributed by atoms with Gasteiger partial charge in [-0.3, -0.25) is 9.59 Å². The summed E-state index contributed by atoms with van der Waals surface area (Å²) in [6, 6.07) is 0. The third-order valence-corrected chi connectivity index (χ3v) is 2.18. The summed E-state index contributed by atoms with van der Waals surface area (Å²) in [5, 5.41) is -4.21. The van der Waals surface area contributed by atoms with Gasteiger partial charge in [0.05, 0.1) is 22.3 Å². The van der Waals surface area contributed by atoms with Gasteiger partial charge >= 0.3 is 11.9 Å². The lowest BCUT2D eigenvalue weighted by molar-refractivity contribution is -0.167. The first-order chi connectivity index (χ1) is 9.41. The van der Waals surface area contributed by atoms with Crippen LogP contribution in [-0.2, 0) is 28.6 Å². The van der Waals surface area contributed by atoms with Crippen molar-refractivity contribution in [2.24, 2.45) is 0 Å². The van der Waals surface area contributed by atoms with E-state index >= 15 is 0 Å². The van der Waals surface area contributed by atoms with Crippen LogP contribution in [0.15, 0.2) is 0 Å². The largest absolute Gasteiger partial charge is 0.480 e. The molecule has 0 fully saturated rings. The van der Waals surface area contributed by atoms with Crippen LogP contribution in [0.4, 0.5) is 0 Å². The third-order valence-electron chi connectivity index (χ3n) is 2.18. The van der Waals surface area contributed by atoms with E-state index in [4.69, 9.17) is 36.1 Å². The van der Waals surface area contributed by atoms with Crippen LogP contribution in [0.3, 0.4) is 0 Å². The smallest absolute Gasteiger partial charge is 0.347 e. The van der Waals surface area contributed by atoms with Crippen molar-refractivity contribution >= 4 is 49.3 Å². The van der Waals surface area contributed by atoms with Crippen LogP contribution in [-0.4, -0.2) is 67.4 Å². The molecule has 0 bridgehead atoms. The topological polar surface area (TPSA) is 78.9 Å². The van der Waals surface area contributed by atoms with E-state index in [1.54, 1.807) is 6.92 Å². The molecule has 0 heterocycles. The summed E-state index contributed by atoms with van der Waals surface area (Å²) in [4.78, 5) is 34.0. The van der Waals surface area contributed by atoms with Gasteiger partial charge < -0.3 is 14.2 Å². The van der Waals surface area contributed by atoms with Gasteiger partial charge in [0, 0.05) is 12.3 Å². The normalized spacial score (nSPS) is 13.1. The van der Waals surface area contributed by atoms with Gasteiger partial charge in [-0.25, -0.2) is 4.79 Å². The van der Waals surface area contributed by atoms with Crippen molar-refractivity contribution in [3.63, 3.8) is 0 Å². The highest BCUT2D eigenvalue weighted by Crippen LogP contribution is 2.30. The van der Waals surface area contributed by atoms with Crippen LogP contribution in [0, 0.1) is 0 Å². The van der Waals surface area contributed by atoms with Crippen molar-refractivity contribution in [1.29, 1.82) is 0 Å². The van der Waals surface area contributed by atoms with Crippen molar-refractivity contribution in [3.8, 4) is 0 Å². The number of hydrogen-bond donors (Lipinski definition) is 0. The van der Waals surface area contributed by atoms with Gasteiger partial charge in [-0.05, 0) is 25.5 Å². The Kier molecular flexibility index (Phi) is 7.13. The van der Waals surface area contributed by atoms with Crippen LogP contribution in [0.1, 0.15) is 27.2 Å². The highest BCUT2D eigenvalue weighted by Gasteiger charge is 2.37. The van der Waals surface area contributed by atoms with Crippen LogP contribution < -0.4 is 0 Å². The SMILES string of the molecule is [B]C([B])(CC([B])([B])C(=O)O[C@@H](C)C(=O)OCC)OC(C)=O. The zero-order valence-electron chi connectivity index (χ0n) is 12.3. The van der Waals surface area contributed by atoms with Crippen LogP contribution in [0.2, 0.25) is 5.21 Å². The maximum Gasteiger partial charge on any atom is 0.347 e. The predicted octanol–water partition coefficient (Wildman–Crippen LogP) is -1.12. The molecule has 6 nitrogen and oxygen atoms in total. The van der Waals surface area contributed by atoms with Gasteiger partial charge in [0.25, 0.3) is 5.97 Å². The molecule has 0 aromatic heterocycles. The van der Waals surface area contributed by atoms with Crippen LogP contribution >= 0.6 is 0 Å². The summed E-state index contributed by atoms with van der Waals surface area (Å²) in [6.45, 7) is 4.08. The van der Waals surface area contributed by atoms with Crippen molar-refractivity contribution in [2.45, 2.75) is 43.9 Å². The number of carbonyl (C=O) groups excluding carboxylic acids is 3. The van der Waals surface area contributed by atoms with Gasteiger partial charge in [0.15, 0.2) is 6.10 Å². The summed E-state index contributed by atoms with van der Waals surface area (Å²) < 4.78 is 14.0.